The van der Waals surface area contributed by atoms with Crippen molar-refractivity contribution < 1.29 is 9.90 Å². The van der Waals surface area contributed by atoms with Gasteiger partial charge in [0.25, 0.3) is 5.91 Å². The van der Waals surface area contributed by atoms with E-state index in [2.05, 4.69) is 4.90 Å². The highest BCUT2D eigenvalue weighted by Gasteiger charge is 2.23. The molecule has 0 spiro atoms. The largest absolute Gasteiger partial charge is 0.507 e. The minimum Gasteiger partial charge on any atom is -0.507 e. The van der Waals surface area contributed by atoms with Gasteiger partial charge in [-0.15, -0.1) is 0 Å². The fourth-order valence-electron chi connectivity index (χ4n) is 2.95. The number of aromatic hydroxyl groups is 1. The number of carbonyl (C=O) groups is 1. The number of benzene rings is 2. The van der Waals surface area contributed by atoms with E-state index in [4.69, 9.17) is 11.6 Å². The van der Waals surface area contributed by atoms with Crippen LogP contribution in [-0.2, 0) is 6.54 Å². The average molecular weight is 345 g/mol. The molecule has 0 bridgehead atoms. The lowest BCUT2D eigenvalue weighted by molar-refractivity contribution is 0.0625. The molecule has 0 radical (unpaired) electrons. The third-order valence-corrected chi connectivity index (χ3v) is 4.61. The Bertz CT molecular complexity index is 723. The lowest BCUT2D eigenvalue weighted by Gasteiger charge is -2.35. The van der Waals surface area contributed by atoms with Crippen LogP contribution in [0, 0.1) is 6.92 Å². The van der Waals surface area contributed by atoms with Gasteiger partial charge in [-0.3, -0.25) is 9.69 Å². The Labute approximate surface area is 147 Å². The first kappa shape index (κ1) is 16.8. The first-order valence-electron chi connectivity index (χ1n) is 8.08. The Morgan fingerprint density at radius 1 is 1.08 bits per heavy atom. The molecule has 126 valence electrons. The minimum atomic E-state index is -0.0985. The molecule has 5 heteroatoms. The van der Waals surface area contributed by atoms with E-state index in [1.54, 1.807) is 12.1 Å². The van der Waals surface area contributed by atoms with E-state index in [1.807, 2.05) is 42.2 Å². The molecule has 1 aliphatic heterocycles. The number of aryl methyl sites for hydroxylation is 1. The summed E-state index contributed by atoms with van der Waals surface area (Å²) in [5.74, 6) is -0.0396. The molecule has 1 heterocycles. The first-order chi connectivity index (χ1) is 11.5. The van der Waals surface area contributed by atoms with Gasteiger partial charge in [0.1, 0.15) is 5.75 Å². The summed E-state index contributed by atoms with van der Waals surface area (Å²) in [6.45, 7) is 5.72. The van der Waals surface area contributed by atoms with E-state index in [9.17, 15) is 9.90 Å². The van der Waals surface area contributed by atoms with Gasteiger partial charge in [-0.05, 0) is 42.3 Å². The van der Waals surface area contributed by atoms with Gasteiger partial charge < -0.3 is 10.0 Å². The quantitative estimate of drug-likeness (QED) is 0.929. The minimum absolute atomic E-state index is 0.0589. The summed E-state index contributed by atoms with van der Waals surface area (Å²) < 4.78 is 0. The highest BCUT2D eigenvalue weighted by atomic mass is 35.5. The van der Waals surface area contributed by atoms with Crippen LogP contribution in [0.15, 0.2) is 42.5 Å². The number of carbonyl (C=O) groups excluding carboxylic acids is 1. The third kappa shape index (κ3) is 3.89. The van der Waals surface area contributed by atoms with Crippen molar-refractivity contribution in [2.24, 2.45) is 0 Å². The molecule has 1 aliphatic rings. The maximum absolute atomic E-state index is 12.6. The van der Waals surface area contributed by atoms with Crippen molar-refractivity contribution in [2.45, 2.75) is 13.5 Å². The van der Waals surface area contributed by atoms with E-state index in [-0.39, 0.29) is 11.7 Å². The lowest BCUT2D eigenvalue weighted by atomic mass is 10.1. The molecule has 0 aromatic heterocycles. The number of piperazine rings is 1. The van der Waals surface area contributed by atoms with Crippen LogP contribution in [0.25, 0.3) is 0 Å². The van der Waals surface area contributed by atoms with Crippen LogP contribution in [-0.4, -0.2) is 47.0 Å². The highest BCUT2D eigenvalue weighted by Crippen LogP contribution is 2.21. The van der Waals surface area contributed by atoms with Gasteiger partial charge in [0.15, 0.2) is 0 Å². The Balaban J connectivity index is 1.58. The van der Waals surface area contributed by atoms with Crippen molar-refractivity contribution in [1.29, 1.82) is 0 Å². The van der Waals surface area contributed by atoms with Crippen molar-refractivity contribution in [1.82, 2.24) is 9.80 Å². The molecule has 24 heavy (non-hydrogen) atoms. The van der Waals surface area contributed by atoms with Crippen LogP contribution in [0.3, 0.4) is 0 Å². The second-order valence-electron chi connectivity index (χ2n) is 6.22. The molecule has 0 aliphatic carbocycles. The number of rotatable bonds is 3. The van der Waals surface area contributed by atoms with E-state index < -0.39 is 0 Å². The molecule has 0 unspecified atom stereocenters. The molecule has 2 aromatic rings. The van der Waals surface area contributed by atoms with Crippen molar-refractivity contribution in [3.8, 4) is 5.75 Å². The van der Waals surface area contributed by atoms with Crippen LogP contribution in [0.4, 0.5) is 0 Å². The van der Waals surface area contributed by atoms with Gasteiger partial charge in [0.2, 0.25) is 0 Å². The lowest BCUT2D eigenvalue weighted by Crippen LogP contribution is -2.48. The van der Waals surface area contributed by atoms with Crippen LogP contribution in [0.5, 0.6) is 5.75 Å². The van der Waals surface area contributed by atoms with Gasteiger partial charge in [-0.1, -0.05) is 29.8 Å². The second kappa shape index (κ2) is 7.24. The summed E-state index contributed by atoms with van der Waals surface area (Å²) in [6, 6.07) is 13.0. The standard InChI is InChI=1S/C19H21ClN2O2/c1-14-2-7-17(18(23)12-14)19(24)22-10-8-21(9-11-22)13-15-3-5-16(20)6-4-15/h2-7,12,23H,8-11,13H2,1H3. The van der Waals surface area contributed by atoms with Crippen LogP contribution in [0.1, 0.15) is 21.5 Å². The fourth-order valence-corrected chi connectivity index (χ4v) is 3.08. The van der Waals surface area contributed by atoms with Crippen molar-refractivity contribution in [3.63, 3.8) is 0 Å². The van der Waals surface area contributed by atoms with Crippen LogP contribution < -0.4 is 0 Å². The van der Waals surface area contributed by atoms with Crippen molar-refractivity contribution in [2.75, 3.05) is 26.2 Å². The van der Waals surface area contributed by atoms with Gasteiger partial charge in [0, 0.05) is 37.7 Å². The maximum Gasteiger partial charge on any atom is 0.257 e. The molecule has 4 nitrogen and oxygen atoms in total. The summed E-state index contributed by atoms with van der Waals surface area (Å²) in [5, 5.41) is 10.7. The number of amides is 1. The number of halogens is 1. The Morgan fingerprint density at radius 3 is 2.38 bits per heavy atom. The summed E-state index contributed by atoms with van der Waals surface area (Å²) in [4.78, 5) is 16.7. The number of phenolic OH excluding ortho intramolecular Hbond substituents is 1. The Morgan fingerprint density at radius 2 is 1.75 bits per heavy atom. The van der Waals surface area contributed by atoms with Gasteiger partial charge in [-0.25, -0.2) is 0 Å². The number of hydrogen-bond acceptors (Lipinski definition) is 3. The fraction of sp³-hybridized carbons (Fsp3) is 0.316. The summed E-state index contributed by atoms with van der Waals surface area (Å²) in [7, 11) is 0. The molecule has 1 fully saturated rings. The molecule has 1 N–H and O–H groups in total. The predicted octanol–water partition coefficient (Wildman–Crippen LogP) is 3.31. The molecule has 0 atom stereocenters. The van der Waals surface area contributed by atoms with E-state index >= 15 is 0 Å². The zero-order valence-corrected chi connectivity index (χ0v) is 14.5. The molecule has 1 saturated heterocycles. The van der Waals surface area contributed by atoms with Crippen molar-refractivity contribution in [3.05, 3.63) is 64.2 Å². The van der Waals surface area contributed by atoms with Crippen molar-refractivity contribution >= 4 is 17.5 Å². The third-order valence-electron chi connectivity index (χ3n) is 4.36. The summed E-state index contributed by atoms with van der Waals surface area (Å²) in [6.07, 6.45) is 0. The van der Waals surface area contributed by atoms with Crippen LogP contribution >= 0.6 is 11.6 Å². The first-order valence-corrected chi connectivity index (χ1v) is 8.46. The number of hydrogen-bond donors (Lipinski definition) is 1. The van der Waals surface area contributed by atoms with E-state index in [1.165, 1.54) is 5.56 Å². The highest BCUT2D eigenvalue weighted by molar-refractivity contribution is 6.30. The zero-order chi connectivity index (χ0) is 17.1. The molecule has 2 aromatic carbocycles. The molecule has 1 amide bonds. The Hall–Kier alpha value is -2.04. The van der Waals surface area contributed by atoms with Gasteiger partial charge in [0.05, 0.1) is 5.56 Å². The average Bonchev–Trinajstić information content (AvgIpc) is 2.57. The summed E-state index contributed by atoms with van der Waals surface area (Å²) in [5.41, 5.74) is 2.54. The second-order valence-corrected chi connectivity index (χ2v) is 6.65. The summed E-state index contributed by atoms with van der Waals surface area (Å²) >= 11 is 5.91. The molecule has 3 rings (SSSR count). The van der Waals surface area contributed by atoms with E-state index in [0.29, 0.717) is 18.7 Å². The van der Waals surface area contributed by atoms with Gasteiger partial charge >= 0.3 is 0 Å². The molecular weight excluding hydrogens is 324 g/mol. The van der Waals surface area contributed by atoms with Gasteiger partial charge in [-0.2, -0.15) is 0 Å². The zero-order valence-electron chi connectivity index (χ0n) is 13.7. The predicted molar refractivity (Wildman–Crippen MR) is 95.5 cm³/mol. The number of phenols is 1. The smallest absolute Gasteiger partial charge is 0.257 e. The Kier molecular flexibility index (Phi) is 5.07. The van der Waals surface area contributed by atoms with E-state index in [0.717, 1.165) is 30.2 Å². The monoisotopic (exact) mass is 344 g/mol. The van der Waals surface area contributed by atoms with Crippen LogP contribution in [0.2, 0.25) is 5.02 Å². The molecular formula is C19H21ClN2O2. The normalized spacial score (nSPS) is 15.5. The maximum atomic E-state index is 12.6. The molecule has 0 saturated carbocycles. The topological polar surface area (TPSA) is 43.8 Å². The number of nitrogens with zero attached hydrogens (tertiary/aromatic N) is 2. The SMILES string of the molecule is Cc1ccc(C(=O)N2CCN(Cc3ccc(Cl)cc3)CC2)c(O)c1.